The van der Waals surface area contributed by atoms with Gasteiger partial charge in [-0.15, -0.1) is 0 Å². The topological polar surface area (TPSA) is 49.3 Å². The summed E-state index contributed by atoms with van der Waals surface area (Å²) >= 11 is 0. The van der Waals surface area contributed by atoms with Gasteiger partial charge in [-0.1, -0.05) is 44.1 Å². The Morgan fingerprint density at radius 1 is 1.33 bits per heavy atom. The summed E-state index contributed by atoms with van der Waals surface area (Å²) in [7, 11) is 0. The first-order valence-electron chi connectivity index (χ1n) is 7.71. The molecule has 1 saturated carbocycles. The summed E-state index contributed by atoms with van der Waals surface area (Å²) in [6.45, 7) is 2.05. The van der Waals surface area contributed by atoms with Crippen molar-refractivity contribution in [2.24, 2.45) is 5.92 Å². The van der Waals surface area contributed by atoms with E-state index in [0.717, 1.165) is 12.0 Å². The van der Waals surface area contributed by atoms with Gasteiger partial charge in [0, 0.05) is 17.2 Å². The van der Waals surface area contributed by atoms with E-state index in [0.29, 0.717) is 11.5 Å². The Morgan fingerprint density at radius 3 is 2.95 bits per heavy atom. The zero-order valence-electron chi connectivity index (χ0n) is 12.6. The fraction of sp³-hybridized carbons (Fsp3) is 0.500. The Bertz CT molecular complexity index is 542. The van der Waals surface area contributed by atoms with Crippen LogP contribution in [0.2, 0.25) is 0 Å². The normalized spacial score (nSPS) is 21.8. The highest BCUT2D eigenvalue weighted by molar-refractivity contribution is 5.94. The molecule has 1 amide bonds. The number of carbonyl (C=O) groups is 1. The number of nitrogens with one attached hydrogen (secondary N) is 1. The molecule has 0 bridgehead atoms. The third-order valence-electron chi connectivity index (χ3n) is 4.11. The molecule has 2 atom stereocenters. The van der Waals surface area contributed by atoms with Gasteiger partial charge in [-0.25, -0.2) is 0 Å². The van der Waals surface area contributed by atoms with Crippen molar-refractivity contribution in [2.45, 2.75) is 45.1 Å². The van der Waals surface area contributed by atoms with E-state index in [1.165, 1.54) is 25.7 Å². The maximum Gasteiger partial charge on any atom is 0.251 e. The zero-order chi connectivity index (χ0) is 15.1. The molecule has 1 aliphatic rings. The van der Waals surface area contributed by atoms with Crippen LogP contribution in [0.4, 0.5) is 0 Å². The summed E-state index contributed by atoms with van der Waals surface area (Å²) in [6, 6.07) is 7.52. The second kappa shape index (κ2) is 7.85. The lowest BCUT2D eigenvalue weighted by Crippen LogP contribution is -2.38. The van der Waals surface area contributed by atoms with Crippen LogP contribution in [0.1, 0.15) is 54.9 Å². The van der Waals surface area contributed by atoms with Crippen LogP contribution < -0.4 is 5.32 Å². The molecule has 1 aromatic carbocycles. The molecule has 0 spiro atoms. The Kier molecular flexibility index (Phi) is 5.83. The maximum atomic E-state index is 12.4. The molecule has 2 N–H and O–H groups in total. The standard InChI is InChI=1S/C18H23NO2/c1-14-7-3-2-4-11-17(14)19-18(21)16-10-5-8-15(13-16)9-6-12-20/h5,8,10,13-14,17,20H,2-4,7,11-12H2,1H3,(H,19,21). The van der Waals surface area contributed by atoms with Gasteiger partial charge in [0.1, 0.15) is 6.61 Å². The first-order chi connectivity index (χ1) is 10.2. The minimum absolute atomic E-state index is 0.0265. The molecule has 1 aliphatic carbocycles. The Morgan fingerprint density at radius 2 is 2.14 bits per heavy atom. The predicted octanol–water partition coefficient (Wildman–Crippen LogP) is 2.73. The highest BCUT2D eigenvalue weighted by Crippen LogP contribution is 2.23. The van der Waals surface area contributed by atoms with E-state index in [9.17, 15) is 4.79 Å². The Labute approximate surface area is 126 Å². The van der Waals surface area contributed by atoms with Crippen molar-refractivity contribution in [3.05, 3.63) is 35.4 Å². The maximum absolute atomic E-state index is 12.4. The zero-order valence-corrected chi connectivity index (χ0v) is 12.6. The Balaban J connectivity index is 2.05. The lowest BCUT2D eigenvalue weighted by molar-refractivity contribution is 0.0921. The summed E-state index contributed by atoms with van der Waals surface area (Å²) in [5, 5.41) is 11.9. The number of carbonyl (C=O) groups excluding carboxylic acids is 1. The quantitative estimate of drug-likeness (QED) is 0.648. The molecule has 0 heterocycles. The fourth-order valence-electron chi connectivity index (χ4n) is 2.84. The lowest BCUT2D eigenvalue weighted by atomic mass is 9.96. The van der Waals surface area contributed by atoms with Gasteiger partial charge in [0.15, 0.2) is 0 Å². The molecule has 1 fully saturated rings. The van der Waals surface area contributed by atoms with Crippen LogP contribution >= 0.6 is 0 Å². The van der Waals surface area contributed by atoms with Gasteiger partial charge in [-0.3, -0.25) is 4.79 Å². The summed E-state index contributed by atoms with van der Waals surface area (Å²) in [4.78, 5) is 12.4. The number of hydrogen-bond donors (Lipinski definition) is 2. The monoisotopic (exact) mass is 285 g/mol. The van der Waals surface area contributed by atoms with Crippen LogP contribution in [0.25, 0.3) is 0 Å². The SMILES string of the molecule is CC1CCCCCC1NC(=O)c1cccc(C#CCO)c1. The molecular weight excluding hydrogens is 262 g/mol. The van der Waals surface area contributed by atoms with Crippen LogP contribution in [-0.4, -0.2) is 23.7 Å². The fourth-order valence-corrected chi connectivity index (χ4v) is 2.84. The third kappa shape index (κ3) is 4.61. The van der Waals surface area contributed by atoms with Crippen molar-refractivity contribution >= 4 is 5.91 Å². The number of hydrogen-bond acceptors (Lipinski definition) is 2. The molecule has 21 heavy (non-hydrogen) atoms. The van der Waals surface area contributed by atoms with Gasteiger partial charge < -0.3 is 10.4 Å². The van der Waals surface area contributed by atoms with Gasteiger partial charge in [0.2, 0.25) is 0 Å². The second-order valence-corrected chi connectivity index (χ2v) is 5.74. The molecule has 0 radical (unpaired) electrons. The van der Waals surface area contributed by atoms with Gasteiger partial charge >= 0.3 is 0 Å². The van der Waals surface area contributed by atoms with Crippen LogP contribution in [0.3, 0.4) is 0 Å². The van der Waals surface area contributed by atoms with Crippen molar-refractivity contribution in [3.63, 3.8) is 0 Å². The van der Waals surface area contributed by atoms with E-state index in [-0.39, 0.29) is 18.6 Å². The van der Waals surface area contributed by atoms with Crippen molar-refractivity contribution in [1.29, 1.82) is 0 Å². The van der Waals surface area contributed by atoms with Crippen LogP contribution in [0.15, 0.2) is 24.3 Å². The number of benzene rings is 1. The number of aliphatic hydroxyl groups is 1. The van der Waals surface area contributed by atoms with E-state index < -0.39 is 0 Å². The van der Waals surface area contributed by atoms with Crippen molar-refractivity contribution < 1.29 is 9.90 Å². The minimum Gasteiger partial charge on any atom is -0.384 e. The minimum atomic E-state index is -0.171. The number of amides is 1. The van der Waals surface area contributed by atoms with Gasteiger partial charge in [0.25, 0.3) is 5.91 Å². The third-order valence-corrected chi connectivity index (χ3v) is 4.11. The molecule has 2 unspecified atom stereocenters. The van der Waals surface area contributed by atoms with E-state index >= 15 is 0 Å². The van der Waals surface area contributed by atoms with Gasteiger partial charge in [-0.05, 0) is 37.0 Å². The average molecular weight is 285 g/mol. The molecule has 2 rings (SSSR count). The first kappa shape index (κ1) is 15.6. The highest BCUT2D eigenvalue weighted by atomic mass is 16.2. The molecule has 112 valence electrons. The van der Waals surface area contributed by atoms with Gasteiger partial charge in [0.05, 0.1) is 0 Å². The molecule has 3 heteroatoms. The van der Waals surface area contributed by atoms with E-state index in [4.69, 9.17) is 5.11 Å². The first-order valence-corrected chi connectivity index (χ1v) is 7.71. The number of rotatable bonds is 2. The molecule has 1 aromatic rings. The molecular formula is C18H23NO2. The molecule has 3 nitrogen and oxygen atoms in total. The van der Waals surface area contributed by atoms with Crippen LogP contribution in [-0.2, 0) is 0 Å². The molecule has 0 aliphatic heterocycles. The van der Waals surface area contributed by atoms with E-state index in [1.54, 1.807) is 12.1 Å². The summed E-state index contributed by atoms with van der Waals surface area (Å²) in [6.07, 6.45) is 5.98. The van der Waals surface area contributed by atoms with Crippen molar-refractivity contribution in [3.8, 4) is 11.8 Å². The second-order valence-electron chi connectivity index (χ2n) is 5.74. The summed E-state index contributed by atoms with van der Waals surface area (Å²) in [5.41, 5.74) is 1.39. The Hall–Kier alpha value is -1.79. The smallest absolute Gasteiger partial charge is 0.251 e. The summed E-state index contributed by atoms with van der Waals surface area (Å²) in [5.74, 6) is 5.94. The van der Waals surface area contributed by atoms with Crippen LogP contribution in [0.5, 0.6) is 0 Å². The van der Waals surface area contributed by atoms with E-state index in [2.05, 4.69) is 24.1 Å². The lowest BCUT2D eigenvalue weighted by Gasteiger charge is -2.22. The van der Waals surface area contributed by atoms with E-state index in [1.807, 2.05) is 12.1 Å². The van der Waals surface area contributed by atoms with Crippen molar-refractivity contribution in [1.82, 2.24) is 5.32 Å². The van der Waals surface area contributed by atoms with Gasteiger partial charge in [-0.2, -0.15) is 0 Å². The predicted molar refractivity (Wildman–Crippen MR) is 83.9 cm³/mol. The molecule has 0 saturated heterocycles. The summed E-state index contributed by atoms with van der Waals surface area (Å²) < 4.78 is 0. The molecule has 0 aromatic heterocycles. The largest absolute Gasteiger partial charge is 0.384 e. The average Bonchev–Trinajstić information content (AvgIpc) is 2.70. The number of aliphatic hydroxyl groups excluding tert-OH is 1. The highest BCUT2D eigenvalue weighted by Gasteiger charge is 2.22. The van der Waals surface area contributed by atoms with Crippen molar-refractivity contribution in [2.75, 3.05) is 6.61 Å². The van der Waals surface area contributed by atoms with Crippen LogP contribution in [0, 0.1) is 17.8 Å².